The molecule has 0 atom stereocenters. The fourth-order valence-electron chi connectivity index (χ4n) is 8.59. The van der Waals surface area contributed by atoms with Gasteiger partial charge in [-0.05, 0) is 112 Å². The van der Waals surface area contributed by atoms with Crippen molar-refractivity contribution in [1.29, 1.82) is 0 Å². The van der Waals surface area contributed by atoms with Crippen LogP contribution in [-0.4, -0.2) is 132 Å². The van der Waals surface area contributed by atoms with Crippen LogP contribution >= 0.6 is 0 Å². The van der Waals surface area contributed by atoms with Crippen molar-refractivity contribution >= 4 is 0 Å². The Kier molecular flexibility index (Phi) is 11.8. The van der Waals surface area contributed by atoms with Gasteiger partial charge in [-0.3, -0.25) is 19.6 Å². The second kappa shape index (κ2) is 14.3. The zero-order chi connectivity index (χ0) is 31.7. The van der Waals surface area contributed by atoms with Gasteiger partial charge in [0.1, 0.15) is 0 Å². The van der Waals surface area contributed by atoms with E-state index in [1.54, 1.807) is 0 Å². The van der Waals surface area contributed by atoms with Crippen molar-refractivity contribution in [1.82, 2.24) is 24.5 Å². The van der Waals surface area contributed by atoms with E-state index in [2.05, 4.69) is 108 Å². The summed E-state index contributed by atoms with van der Waals surface area (Å²) in [6, 6.07) is 3.59. The Morgan fingerprint density at radius 1 is 0.465 bits per heavy atom. The van der Waals surface area contributed by atoms with Gasteiger partial charge in [-0.2, -0.15) is 0 Å². The molecule has 0 aromatic rings. The number of likely N-dealkylation sites (tertiary alicyclic amines) is 4. The van der Waals surface area contributed by atoms with Crippen LogP contribution in [0.5, 0.6) is 0 Å². The van der Waals surface area contributed by atoms with Crippen molar-refractivity contribution in [3.8, 4) is 0 Å². The molecule has 6 aliphatic rings. The van der Waals surface area contributed by atoms with E-state index in [4.69, 9.17) is 4.74 Å². The van der Waals surface area contributed by atoms with Gasteiger partial charge in [0.2, 0.25) is 0 Å². The lowest BCUT2D eigenvalue weighted by Crippen LogP contribution is -2.73. The number of hydrogen-bond acceptors (Lipinski definition) is 6. The normalized spacial score (nSPS) is 27.8. The third kappa shape index (κ3) is 8.57. The summed E-state index contributed by atoms with van der Waals surface area (Å²) in [6.07, 6.45) is 5.42. The quantitative estimate of drug-likeness (QED) is 0.361. The zero-order valence-electron chi connectivity index (χ0n) is 30.8. The van der Waals surface area contributed by atoms with Crippen molar-refractivity contribution in [2.75, 3.05) is 72.1 Å². The highest BCUT2D eigenvalue weighted by Gasteiger charge is 2.53. The van der Waals surface area contributed by atoms with E-state index in [9.17, 15) is 0 Å². The number of piperidine rings is 1. The first-order chi connectivity index (χ1) is 20.1. The van der Waals surface area contributed by atoms with Gasteiger partial charge in [-0.1, -0.05) is 13.8 Å². The zero-order valence-corrected chi connectivity index (χ0v) is 30.8. The average molecular weight is 604 g/mol. The summed E-state index contributed by atoms with van der Waals surface area (Å²) in [4.78, 5) is 12.9. The van der Waals surface area contributed by atoms with Crippen molar-refractivity contribution in [3.05, 3.63) is 0 Å². The molecule has 6 rings (SSSR count). The predicted molar refractivity (Wildman–Crippen MR) is 184 cm³/mol. The molecule has 252 valence electrons. The summed E-state index contributed by atoms with van der Waals surface area (Å²) >= 11 is 0. The highest BCUT2D eigenvalue weighted by atomic mass is 16.5. The maximum absolute atomic E-state index is 6.15. The number of hydrogen-bond donors (Lipinski definition) is 0. The Balaban J connectivity index is 0.000000150. The molecule has 5 aliphatic heterocycles. The summed E-state index contributed by atoms with van der Waals surface area (Å²) in [5, 5.41) is 0. The minimum atomic E-state index is 0.161. The summed E-state index contributed by atoms with van der Waals surface area (Å²) in [5.74, 6) is 1.95. The van der Waals surface area contributed by atoms with Crippen molar-refractivity contribution in [2.45, 2.75) is 145 Å². The summed E-state index contributed by atoms with van der Waals surface area (Å²) in [5.41, 5.74) is 1.64. The molecule has 3 spiro atoms. The largest absolute Gasteiger partial charge is 0.372 e. The molecule has 43 heavy (non-hydrogen) atoms. The Bertz CT molecular complexity index is 742. The van der Waals surface area contributed by atoms with Gasteiger partial charge in [0, 0.05) is 101 Å². The standard InChI is InChI=1S/C14H28N2O.C12H23N.C11H22N2/c1-12(2)15-7-5-14(6-8-15)11-16(13(3)4)9-10-17-14;1-9(2)11-5-12(6-11)7-13(8-12)10(3)4;1-9(2)12-5-11(6-12)7-13(8-11)10(3)4/h12-13H,5-11H2,1-4H3;9-11H,5-8H2,1-4H3;9-10H,5-8H2,1-4H3. The number of morpholine rings is 1. The van der Waals surface area contributed by atoms with Crippen LogP contribution in [0.2, 0.25) is 0 Å². The molecular formula is C37H73N5O. The minimum Gasteiger partial charge on any atom is -0.372 e. The Labute approximate surface area is 268 Å². The Morgan fingerprint density at radius 3 is 1.23 bits per heavy atom. The van der Waals surface area contributed by atoms with Gasteiger partial charge in [-0.15, -0.1) is 0 Å². The van der Waals surface area contributed by atoms with Crippen LogP contribution in [0.4, 0.5) is 0 Å². The first kappa shape index (κ1) is 35.6. The van der Waals surface area contributed by atoms with Crippen LogP contribution in [0.25, 0.3) is 0 Å². The third-order valence-electron chi connectivity index (χ3n) is 12.2. The molecule has 0 amide bonds. The molecular weight excluding hydrogens is 530 g/mol. The molecule has 0 radical (unpaired) electrons. The summed E-state index contributed by atoms with van der Waals surface area (Å²) in [6.45, 7) is 41.4. The molecule has 5 heterocycles. The van der Waals surface area contributed by atoms with Gasteiger partial charge in [0.05, 0.1) is 12.2 Å². The Morgan fingerprint density at radius 2 is 0.860 bits per heavy atom. The lowest BCUT2D eigenvalue weighted by atomic mass is 9.55. The monoisotopic (exact) mass is 604 g/mol. The highest BCUT2D eigenvalue weighted by molar-refractivity contribution is 5.07. The van der Waals surface area contributed by atoms with E-state index in [0.29, 0.717) is 17.5 Å². The molecule has 6 fully saturated rings. The molecule has 0 bridgehead atoms. The van der Waals surface area contributed by atoms with Crippen LogP contribution in [-0.2, 0) is 4.74 Å². The molecule has 6 heteroatoms. The van der Waals surface area contributed by atoms with Crippen LogP contribution < -0.4 is 0 Å². The predicted octanol–water partition coefficient (Wildman–Crippen LogP) is 6.15. The maximum atomic E-state index is 6.15. The maximum Gasteiger partial charge on any atom is 0.0833 e. The molecule has 0 aromatic heterocycles. The minimum absolute atomic E-state index is 0.161. The van der Waals surface area contributed by atoms with E-state index in [1.807, 2.05) is 0 Å². The lowest BCUT2D eigenvalue weighted by Gasteiger charge is -2.62. The molecule has 0 aromatic carbocycles. The van der Waals surface area contributed by atoms with Crippen molar-refractivity contribution < 1.29 is 4.74 Å². The van der Waals surface area contributed by atoms with E-state index in [0.717, 1.165) is 55.1 Å². The SMILES string of the molecule is CC(C)C1CC2(C1)CN(C(C)C)C2.CC(C)N1CC2(C1)CN(C(C)C)C2.CC(C)N1CCC2(CC1)CN(C(C)C)CCO2. The number of ether oxygens (including phenoxy) is 1. The smallest absolute Gasteiger partial charge is 0.0833 e. The molecule has 5 saturated heterocycles. The van der Waals surface area contributed by atoms with Crippen LogP contribution in [0, 0.1) is 22.7 Å². The van der Waals surface area contributed by atoms with Gasteiger partial charge >= 0.3 is 0 Å². The number of nitrogens with zero attached hydrogens (tertiary/aromatic N) is 5. The molecule has 1 aliphatic carbocycles. The molecule has 6 nitrogen and oxygen atoms in total. The first-order valence-electron chi connectivity index (χ1n) is 18.4. The van der Waals surface area contributed by atoms with E-state index in [1.165, 1.54) is 78.0 Å². The van der Waals surface area contributed by atoms with Crippen LogP contribution in [0.1, 0.15) is 109 Å². The fraction of sp³-hybridized carbons (Fsp3) is 1.00. The number of rotatable bonds is 6. The van der Waals surface area contributed by atoms with Crippen molar-refractivity contribution in [2.24, 2.45) is 22.7 Å². The second-order valence-corrected chi connectivity index (χ2v) is 17.6. The third-order valence-corrected chi connectivity index (χ3v) is 12.2. The lowest BCUT2D eigenvalue weighted by molar-refractivity contribution is -0.143. The average Bonchev–Trinajstić information content (AvgIpc) is 2.81. The van der Waals surface area contributed by atoms with Gasteiger partial charge in [0.15, 0.2) is 0 Å². The first-order valence-corrected chi connectivity index (χ1v) is 18.4. The van der Waals surface area contributed by atoms with Gasteiger partial charge in [-0.25, -0.2) is 0 Å². The van der Waals surface area contributed by atoms with E-state index >= 15 is 0 Å². The molecule has 0 unspecified atom stereocenters. The summed E-state index contributed by atoms with van der Waals surface area (Å²) in [7, 11) is 0. The van der Waals surface area contributed by atoms with Crippen LogP contribution in [0.15, 0.2) is 0 Å². The summed E-state index contributed by atoms with van der Waals surface area (Å²) < 4.78 is 6.15. The van der Waals surface area contributed by atoms with Gasteiger partial charge in [0.25, 0.3) is 0 Å². The van der Waals surface area contributed by atoms with E-state index in [-0.39, 0.29) is 5.60 Å². The van der Waals surface area contributed by atoms with Gasteiger partial charge < -0.3 is 9.64 Å². The second-order valence-electron chi connectivity index (χ2n) is 17.6. The topological polar surface area (TPSA) is 25.4 Å². The molecule has 1 saturated carbocycles. The van der Waals surface area contributed by atoms with Crippen molar-refractivity contribution in [3.63, 3.8) is 0 Å². The highest BCUT2D eigenvalue weighted by Crippen LogP contribution is 2.54. The van der Waals surface area contributed by atoms with E-state index < -0.39 is 0 Å². The Hall–Kier alpha value is -0.240. The molecule has 0 N–H and O–H groups in total. The fourth-order valence-corrected chi connectivity index (χ4v) is 8.59. The van der Waals surface area contributed by atoms with Crippen LogP contribution in [0.3, 0.4) is 0 Å².